The molecule has 0 unspecified atom stereocenters. The summed E-state index contributed by atoms with van der Waals surface area (Å²) in [5.41, 5.74) is 2.27. The number of nitrogens with zero attached hydrogens (tertiary/aromatic N) is 3. The van der Waals surface area contributed by atoms with Gasteiger partial charge in [0.05, 0.1) is 12.2 Å². The Bertz CT molecular complexity index is 1450. The summed E-state index contributed by atoms with van der Waals surface area (Å²) in [6.45, 7) is 2.28. The quantitative estimate of drug-likeness (QED) is 0.392. The number of halogens is 1. The van der Waals surface area contributed by atoms with Crippen molar-refractivity contribution in [1.82, 2.24) is 5.01 Å². The highest BCUT2D eigenvalue weighted by molar-refractivity contribution is 8.26. The van der Waals surface area contributed by atoms with Gasteiger partial charge < -0.3 is 9.47 Å². The molecule has 0 aliphatic carbocycles. The second-order valence-electron chi connectivity index (χ2n) is 8.20. The second kappa shape index (κ2) is 10.8. The van der Waals surface area contributed by atoms with Gasteiger partial charge in [0.2, 0.25) is 5.17 Å². The first kappa shape index (κ1) is 24.5. The number of hydrogen-bond acceptors (Lipinski definition) is 6. The molecule has 1 N–H and O–H groups in total. The molecule has 186 valence electrons. The second-order valence-corrected chi connectivity index (χ2v) is 9.24. The molecular weight excluding hydrogens is 491 g/mol. The fourth-order valence-electron chi connectivity index (χ4n) is 3.81. The summed E-state index contributed by atoms with van der Waals surface area (Å²) in [5, 5.41) is 15.7. The van der Waals surface area contributed by atoms with E-state index in [1.807, 2.05) is 37.3 Å². The highest BCUT2D eigenvalue weighted by atomic mass is 32.2. The van der Waals surface area contributed by atoms with Crippen LogP contribution in [-0.4, -0.2) is 33.6 Å². The number of hydrazone groups is 1. The minimum Gasteiger partial charge on any atom is -0.490 e. The number of carbonyl (C=O) groups is 1. The van der Waals surface area contributed by atoms with Crippen molar-refractivity contribution >= 4 is 39.8 Å². The highest BCUT2D eigenvalue weighted by Crippen LogP contribution is 2.33. The molecule has 9 heteroatoms. The summed E-state index contributed by atoms with van der Waals surface area (Å²) in [5.74, 6) is 0.0163. The molecule has 0 saturated heterocycles. The largest absolute Gasteiger partial charge is 0.490 e. The van der Waals surface area contributed by atoms with Crippen LogP contribution in [0.5, 0.6) is 11.5 Å². The minimum absolute atomic E-state index is 0.0385. The molecule has 2 aliphatic heterocycles. The highest BCUT2D eigenvalue weighted by Gasteiger charge is 2.35. The molecule has 37 heavy (non-hydrogen) atoms. The average molecular weight is 515 g/mol. The van der Waals surface area contributed by atoms with Crippen molar-refractivity contribution in [2.45, 2.75) is 20.0 Å². The van der Waals surface area contributed by atoms with Gasteiger partial charge in [-0.05, 0) is 54.1 Å². The van der Waals surface area contributed by atoms with Crippen molar-refractivity contribution in [3.8, 4) is 11.5 Å². The predicted octanol–water partition coefficient (Wildman–Crippen LogP) is 5.67. The van der Waals surface area contributed by atoms with Gasteiger partial charge in [0.25, 0.3) is 5.91 Å². The van der Waals surface area contributed by atoms with Gasteiger partial charge in [-0.1, -0.05) is 54.6 Å². The Labute approximate surface area is 217 Å². The summed E-state index contributed by atoms with van der Waals surface area (Å²) in [6, 6.07) is 21.5. The van der Waals surface area contributed by atoms with Crippen molar-refractivity contribution in [2.75, 3.05) is 6.61 Å². The smallest absolute Gasteiger partial charge is 0.283 e. The Hall–Kier alpha value is -4.24. The topological polar surface area (TPSA) is 87.3 Å². The molecule has 3 aromatic rings. The fraction of sp³-hybridized carbons (Fsp3) is 0.143. The number of thioether (sulfide) groups is 1. The van der Waals surface area contributed by atoms with Crippen LogP contribution in [0.4, 0.5) is 4.39 Å². The van der Waals surface area contributed by atoms with Crippen LogP contribution in [0.2, 0.25) is 0 Å². The van der Waals surface area contributed by atoms with Gasteiger partial charge >= 0.3 is 0 Å². The molecule has 0 radical (unpaired) electrons. The van der Waals surface area contributed by atoms with E-state index in [2.05, 4.69) is 10.1 Å². The molecule has 3 aromatic carbocycles. The van der Waals surface area contributed by atoms with Crippen molar-refractivity contribution in [3.05, 3.63) is 101 Å². The van der Waals surface area contributed by atoms with E-state index < -0.39 is 5.91 Å². The molecule has 0 saturated carbocycles. The van der Waals surface area contributed by atoms with Gasteiger partial charge in [-0.25, -0.2) is 4.39 Å². The van der Waals surface area contributed by atoms with Gasteiger partial charge in [-0.3, -0.25) is 10.2 Å². The number of fused-ring (bicyclic) bond motifs is 1. The SMILES string of the molecule is CCOc1cc(/C=C2/C(=N)N3N=C(Cc4ccccc4)SC3=NC2=O)ccc1OCc1ccccc1F. The van der Waals surface area contributed by atoms with E-state index in [1.165, 1.54) is 22.8 Å². The van der Waals surface area contributed by atoms with Crippen LogP contribution in [0.3, 0.4) is 0 Å². The zero-order chi connectivity index (χ0) is 25.8. The molecule has 0 aromatic heterocycles. The molecule has 0 spiro atoms. The van der Waals surface area contributed by atoms with Crippen molar-refractivity contribution in [1.29, 1.82) is 5.41 Å². The lowest BCUT2D eigenvalue weighted by Gasteiger charge is -2.20. The molecule has 0 fully saturated rings. The Morgan fingerprint density at radius 2 is 1.81 bits per heavy atom. The number of benzene rings is 3. The first-order valence-corrected chi connectivity index (χ1v) is 12.5. The maximum atomic E-state index is 14.0. The summed E-state index contributed by atoms with van der Waals surface area (Å²) in [6.07, 6.45) is 2.18. The third-order valence-electron chi connectivity index (χ3n) is 5.61. The number of nitrogens with one attached hydrogen (secondary N) is 1. The molecule has 5 rings (SSSR count). The molecule has 7 nitrogen and oxygen atoms in total. The third kappa shape index (κ3) is 5.46. The Balaban J connectivity index is 1.36. The van der Waals surface area contributed by atoms with Gasteiger partial charge in [0.1, 0.15) is 17.5 Å². The molecule has 2 heterocycles. The summed E-state index contributed by atoms with van der Waals surface area (Å²) in [7, 11) is 0. The van der Waals surface area contributed by atoms with E-state index in [4.69, 9.17) is 14.9 Å². The van der Waals surface area contributed by atoms with Crippen LogP contribution < -0.4 is 9.47 Å². The van der Waals surface area contributed by atoms with E-state index in [9.17, 15) is 9.18 Å². The molecule has 0 bridgehead atoms. The van der Waals surface area contributed by atoms with E-state index >= 15 is 0 Å². The molecule has 1 amide bonds. The number of rotatable bonds is 8. The van der Waals surface area contributed by atoms with Crippen molar-refractivity contribution < 1.29 is 18.7 Å². The predicted molar refractivity (Wildman–Crippen MR) is 143 cm³/mol. The standard InChI is InChI=1S/C28H23FN4O3S/c1-2-35-24-15-19(12-13-23(24)36-17-20-10-6-7-11-22(20)29)14-21-26(30)33-28(31-27(21)34)37-25(32-33)16-18-8-4-3-5-9-18/h3-15,30H,2,16-17H2,1H3/b21-14-,30-26?. The van der Waals surface area contributed by atoms with Gasteiger partial charge in [0.15, 0.2) is 17.3 Å². The van der Waals surface area contributed by atoms with Crippen LogP contribution >= 0.6 is 11.8 Å². The van der Waals surface area contributed by atoms with E-state index in [0.29, 0.717) is 40.8 Å². The summed E-state index contributed by atoms with van der Waals surface area (Å²) < 4.78 is 25.5. The van der Waals surface area contributed by atoms with E-state index in [0.717, 1.165) is 10.6 Å². The maximum Gasteiger partial charge on any atom is 0.283 e. The normalized spacial score (nSPS) is 15.9. The van der Waals surface area contributed by atoms with Crippen LogP contribution in [0.1, 0.15) is 23.6 Å². The van der Waals surface area contributed by atoms with Gasteiger partial charge in [0, 0.05) is 12.0 Å². The monoisotopic (exact) mass is 514 g/mol. The van der Waals surface area contributed by atoms with E-state index in [-0.39, 0.29) is 23.8 Å². The Kier molecular flexibility index (Phi) is 7.14. The lowest BCUT2D eigenvalue weighted by Crippen LogP contribution is -2.35. The average Bonchev–Trinajstić information content (AvgIpc) is 3.30. The number of carbonyl (C=O) groups excluding carboxylic acids is 1. The minimum atomic E-state index is -0.502. The summed E-state index contributed by atoms with van der Waals surface area (Å²) in [4.78, 5) is 17.0. The number of amides is 1. The van der Waals surface area contributed by atoms with Crippen LogP contribution in [0.15, 0.2) is 88.5 Å². The van der Waals surface area contributed by atoms with Gasteiger partial charge in [-0.2, -0.15) is 15.1 Å². The number of amidine groups is 2. The van der Waals surface area contributed by atoms with Gasteiger partial charge in [-0.15, -0.1) is 0 Å². The molecule has 2 aliphatic rings. The number of aliphatic imine (C=N–C) groups is 1. The maximum absolute atomic E-state index is 14.0. The van der Waals surface area contributed by atoms with E-state index in [1.54, 1.807) is 42.5 Å². The Morgan fingerprint density at radius 3 is 2.59 bits per heavy atom. The Morgan fingerprint density at radius 1 is 1.03 bits per heavy atom. The van der Waals surface area contributed by atoms with Crippen LogP contribution in [0, 0.1) is 11.2 Å². The van der Waals surface area contributed by atoms with Crippen LogP contribution in [0.25, 0.3) is 6.08 Å². The fourth-order valence-corrected chi connectivity index (χ4v) is 4.73. The van der Waals surface area contributed by atoms with Crippen molar-refractivity contribution in [3.63, 3.8) is 0 Å². The zero-order valence-corrected chi connectivity index (χ0v) is 20.8. The third-order valence-corrected chi connectivity index (χ3v) is 6.52. The zero-order valence-electron chi connectivity index (χ0n) is 20.0. The number of hydrogen-bond donors (Lipinski definition) is 1. The first-order chi connectivity index (χ1) is 18.0. The first-order valence-electron chi connectivity index (χ1n) is 11.7. The van der Waals surface area contributed by atoms with Crippen molar-refractivity contribution in [2.24, 2.45) is 10.1 Å². The van der Waals surface area contributed by atoms with Crippen LogP contribution in [-0.2, 0) is 17.8 Å². The summed E-state index contributed by atoms with van der Waals surface area (Å²) >= 11 is 1.29. The molecular formula is C28H23FN4O3S. The lowest BCUT2D eigenvalue weighted by atomic mass is 10.1. The molecule has 0 atom stereocenters. The number of ether oxygens (including phenoxy) is 2. The lowest BCUT2D eigenvalue weighted by molar-refractivity contribution is -0.114.